The second-order valence-corrected chi connectivity index (χ2v) is 6.88. The van der Waals surface area contributed by atoms with Gasteiger partial charge in [0.25, 0.3) is 0 Å². The highest BCUT2D eigenvalue weighted by molar-refractivity contribution is 5.89. The largest absolute Gasteiger partial charge is 0.347 e. The van der Waals surface area contributed by atoms with E-state index in [1.54, 1.807) is 11.8 Å². The van der Waals surface area contributed by atoms with Gasteiger partial charge in [0.2, 0.25) is 11.8 Å². The smallest absolute Gasteiger partial charge is 0.244 e. The molecule has 0 radical (unpaired) electrons. The van der Waals surface area contributed by atoms with Crippen molar-refractivity contribution in [3.8, 4) is 0 Å². The Morgan fingerprint density at radius 2 is 1.67 bits per heavy atom. The fourth-order valence-electron chi connectivity index (χ4n) is 2.60. The molecule has 0 saturated carbocycles. The van der Waals surface area contributed by atoms with Crippen molar-refractivity contribution in [2.45, 2.75) is 52.4 Å². The van der Waals surface area contributed by atoms with Crippen molar-refractivity contribution in [1.29, 1.82) is 0 Å². The molecule has 2 amide bonds. The van der Waals surface area contributed by atoms with E-state index in [4.69, 9.17) is 9.47 Å². The molecule has 1 N–H and O–H groups in total. The van der Waals surface area contributed by atoms with Crippen LogP contribution in [0.1, 0.15) is 40.5 Å². The summed E-state index contributed by atoms with van der Waals surface area (Å²) in [5.41, 5.74) is -0.494. The number of hydrogen-bond acceptors (Lipinski definition) is 4. The van der Waals surface area contributed by atoms with Crippen LogP contribution < -0.4 is 5.32 Å². The van der Waals surface area contributed by atoms with Gasteiger partial charge in [0.15, 0.2) is 5.79 Å². The molecule has 6 nitrogen and oxygen atoms in total. The lowest BCUT2D eigenvalue weighted by Gasteiger charge is -2.38. The summed E-state index contributed by atoms with van der Waals surface area (Å²) in [4.78, 5) is 26.1. The van der Waals surface area contributed by atoms with Gasteiger partial charge in [0.05, 0.1) is 13.2 Å². The molecule has 2 rings (SSSR count). The number of ether oxygens (including phenoxy) is 2. The van der Waals surface area contributed by atoms with Crippen molar-refractivity contribution in [3.05, 3.63) is 0 Å². The third kappa shape index (κ3) is 3.74. The van der Waals surface area contributed by atoms with Gasteiger partial charge in [-0.05, 0) is 6.92 Å². The van der Waals surface area contributed by atoms with E-state index in [1.807, 2.05) is 20.8 Å². The first-order chi connectivity index (χ1) is 9.73. The van der Waals surface area contributed by atoms with E-state index < -0.39 is 17.2 Å². The predicted octanol–water partition coefficient (Wildman–Crippen LogP) is 0.903. The molecule has 1 spiro atoms. The van der Waals surface area contributed by atoms with Crippen LogP contribution in [0.4, 0.5) is 0 Å². The first-order valence-electron chi connectivity index (χ1n) is 7.61. The van der Waals surface area contributed by atoms with Crippen LogP contribution in [0.2, 0.25) is 0 Å². The number of nitrogens with zero attached hydrogens (tertiary/aromatic N) is 1. The van der Waals surface area contributed by atoms with Crippen LogP contribution in [-0.2, 0) is 19.1 Å². The molecular weight excluding hydrogens is 272 g/mol. The zero-order valence-corrected chi connectivity index (χ0v) is 13.4. The molecule has 2 aliphatic rings. The van der Waals surface area contributed by atoms with Crippen LogP contribution in [0.5, 0.6) is 0 Å². The number of carbonyl (C=O) groups excluding carboxylic acids is 2. The van der Waals surface area contributed by atoms with Gasteiger partial charge >= 0.3 is 0 Å². The number of carbonyl (C=O) groups is 2. The highest BCUT2D eigenvalue weighted by atomic mass is 16.7. The maximum absolute atomic E-state index is 12.4. The average Bonchev–Trinajstić information content (AvgIpc) is 2.86. The van der Waals surface area contributed by atoms with Crippen molar-refractivity contribution in [2.75, 3.05) is 26.3 Å². The first-order valence-corrected chi connectivity index (χ1v) is 7.61. The van der Waals surface area contributed by atoms with E-state index in [0.29, 0.717) is 39.1 Å². The molecule has 2 aliphatic heterocycles. The standard InChI is InChI=1S/C15H26N2O4/c1-11(16-13(19)14(2,3)4)12(18)17-7-5-15(6-8-17)20-9-10-21-15/h11H,5-10H2,1-4H3,(H,16,19)/t11-/m1/s1. The minimum atomic E-state index is -0.504. The fourth-order valence-corrected chi connectivity index (χ4v) is 2.60. The van der Waals surface area contributed by atoms with Crippen LogP contribution in [0.15, 0.2) is 0 Å². The van der Waals surface area contributed by atoms with Crippen LogP contribution in [0.25, 0.3) is 0 Å². The summed E-state index contributed by atoms with van der Waals surface area (Å²) in [7, 11) is 0. The average molecular weight is 298 g/mol. The number of rotatable bonds is 2. The molecule has 120 valence electrons. The van der Waals surface area contributed by atoms with E-state index >= 15 is 0 Å². The van der Waals surface area contributed by atoms with Gasteiger partial charge in [-0.3, -0.25) is 9.59 Å². The fraction of sp³-hybridized carbons (Fsp3) is 0.867. The van der Waals surface area contributed by atoms with Crippen molar-refractivity contribution < 1.29 is 19.1 Å². The number of nitrogens with one attached hydrogen (secondary N) is 1. The Hall–Kier alpha value is -1.14. The molecule has 0 aromatic carbocycles. The molecular formula is C15H26N2O4. The molecule has 21 heavy (non-hydrogen) atoms. The van der Waals surface area contributed by atoms with Crippen LogP contribution in [0.3, 0.4) is 0 Å². The van der Waals surface area contributed by atoms with Gasteiger partial charge in [-0.25, -0.2) is 0 Å². The van der Waals surface area contributed by atoms with Gasteiger partial charge in [-0.15, -0.1) is 0 Å². The molecule has 2 heterocycles. The Kier molecular flexibility index (Phi) is 4.58. The van der Waals surface area contributed by atoms with E-state index in [9.17, 15) is 9.59 Å². The summed E-state index contributed by atoms with van der Waals surface area (Å²) in [5, 5.41) is 2.79. The van der Waals surface area contributed by atoms with Crippen LogP contribution in [-0.4, -0.2) is 54.8 Å². The van der Waals surface area contributed by atoms with Gasteiger partial charge in [0.1, 0.15) is 6.04 Å². The van der Waals surface area contributed by atoms with E-state index in [-0.39, 0.29) is 11.8 Å². The SMILES string of the molecule is C[C@@H](NC(=O)C(C)(C)C)C(=O)N1CCC2(CC1)OCCO2. The highest BCUT2D eigenvalue weighted by Crippen LogP contribution is 2.31. The Balaban J connectivity index is 1.85. The molecule has 0 aromatic rings. The predicted molar refractivity (Wildman–Crippen MR) is 77.5 cm³/mol. The van der Waals surface area contributed by atoms with E-state index in [2.05, 4.69) is 5.32 Å². The summed E-state index contributed by atoms with van der Waals surface area (Å²) >= 11 is 0. The zero-order chi connectivity index (χ0) is 15.7. The van der Waals surface area contributed by atoms with Gasteiger partial charge in [0, 0.05) is 31.3 Å². The number of piperidine rings is 1. The lowest BCUT2D eigenvalue weighted by molar-refractivity contribution is -0.188. The number of likely N-dealkylation sites (tertiary alicyclic amines) is 1. The van der Waals surface area contributed by atoms with Crippen molar-refractivity contribution in [2.24, 2.45) is 5.41 Å². The summed E-state index contributed by atoms with van der Waals surface area (Å²) in [6.07, 6.45) is 1.39. The maximum atomic E-state index is 12.4. The van der Waals surface area contributed by atoms with Crippen molar-refractivity contribution in [1.82, 2.24) is 10.2 Å². The minimum absolute atomic E-state index is 0.0413. The molecule has 6 heteroatoms. The minimum Gasteiger partial charge on any atom is -0.347 e. The van der Waals surface area contributed by atoms with Crippen molar-refractivity contribution in [3.63, 3.8) is 0 Å². The summed E-state index contributed by atoms with van der Waals surface area (Å²) in [6, 6.07) is -0.504. The normalized spacial score (nSPS) is 23.1. The van der Waals surface area contributed by atoms with Gasteiger partial charge < -0.3 is 19.7 Å². The maximum Gasteiger partial charge on any atom is 0.244 e. The highest BCUT2D eigenvalue weighted by Gasteiger charge is 2.41. The van der Waals surface area contributed by atoms with Crippen LogP contribution >= 0.6 is 0 Å². The monoisotopic (exact) mass is 298 g/mol. The molecule has 0 aliphatic carbocycles. The summed E-state index contributed by atoms with van der Waals surface area (Å²) in [6.45, 7) is 9.71. The Morgan fingerprint density at radius 3 is 2.14 bits per heavy atom. The molecule has 2 fully saturated rings. The Bertz CT molecular complexity index is 400. The molecule has 0 unspecified atom stereocenters. The third-order valence-electron chi connectivity index (χ3n) is 4.05. The van der Waals surface area contributed by atoms with E-state index in [0.717, 1.165) is 0 Å². The molecule has 0 aromatic heterocycles. The Labute approximate surface area is 126 Å². The topological polar surface area (TPSA) is 67.9 Å². The Morgan fingerprint density at radius 1 is 1.14 bits per heavy atom. The number of amides is 2. The van der Waals surface area contributed by atoms with Gasteiger partial charge in [-0.2, -0.15) is 0 Å². The summed E-state index contributed by atoms with van der Waals surface area (Å²) < 4.78 is 11.3. The zero-order valence-electron chi connectivity index (χ0n) is 13.4. The third-order valence-corrected chi connectivity index (χ3v) is 4.05. The van der Waals surface area contributed by atoms with Crippen LogP contribution in [0, 0.1) is 5.41 Å². The quantitative estimate of drug-likeness (QED) is 0.822. The second kappa shape index (κ2) is 5.93. The lowest BCUT2D eigenvalue weighted by Crippen LogP contribution is -2.54. The molecule has 2 saturated heterocycles. The second-order valence-electron chi connectivity index (χ2n) is 6.88. The van der Waals surface area contributed by atoms with E-state index in [1.165, 1.54) is 0 Å². The van der Waals surface area contributed by atoms with Gasteiger partial charge in [-0.1, -0.05) is 20.8 Å². The molecule has 0 bridgehead atoms. The lowest BCUT2D eigenvalue weighted by atomic mass is 9.95. The number of hydrogen-bond donors (Lipinski definition) is 1. The first kappa shape index (κ1) is 16.2. The summed E-state index contributed by atoms with van der Waals surface area (Å²) in [5.74, 6) is -0.631. The van der Waals surface area contributed by atoms with Crippen molar-refractivity contribution >= 4 is 11.8 Å². The molecule has 1 atom stereocenters.